The minimum atomic E-state index is -1.23. The molecule has 0 saturated heterocycles. The van der Waals surface area contributed by atoms with Crippen molar-refractivity contribution in [3.63, 3.8) is 0 Å². The van der Waals surface area contributed by atoms with Gasteiger partial charge in [-0.1, -0.05) is 0 Å². The van der Waals surface area contributed by atoms with Gasteiger partial charge < -0.3 is 0 Å². The summed E-state index contributed by atoms with van der Waals surface area (Å²) in [5.41, 5.74) is 0. The number of hydrogen-bond donors (Lipinski definition) is 0. The van der Waals surface area contributed by atoms with Crippen LogP contribution in [0.1, 0.15) is 0 Å². The van der Waals surface area contributed by atoms with Gasteiger partial charge in [0.2, 0.25) is 5.83 Å². The molecule has 0 aromatic rings. The Morgan fingerprint density at radius 2 is 1.16 bits per heavy atom. The third kappa shape index (κ3) is 85.3. The Balaban J connectivity index is -0.0000000223. The second-order valence-corrected chi connectivity index (χ2v) is 1.19. The van der Waals surface area contributed by atoms with E-state index in [1.54, 1.807) is 0 Å². The first-order chi connectivity index (χ1) is 8.72. The van der Waals surface area contributed by atoms with Crippen LogP contribution in [0.25, 0.3) is 4.85 Å². The molecule has 0 spiro atoms. The molecular formula is C9ClCrFN2O5. The van der Waals surface area contributed by atoms with Crippen LogP contribution in [0, 0.1) is 51.2 Å². The maximum atomic E-state index is 11.7. The fourth-order valence-corrected chi connectivity index (χ4v) is 0.137. The van der Waals surface area contributed by atoms with E-state index in [4.69, 9.17) is 46.7 Å². The van der Waals surface area contributed by atoms with E-state index < -0.39 is 11.0 Å². The molecule has 0 aliphatic carbocycles. The average molecular weight is 323 g/mol. The first-order valence-corrected chi connectivity index (χ1v) is 2.95. The molecule has 0 saturated carbocycles. The van der Waals surface area contributed by atoms with Crippen LogP contribution < -0.4 is 0 Å². The molecule has 0 N–H and O–H groups in total. The van der Waals surface area contributed by atoms with E-state index in [1.165, 1.54) is 0 Å². The summed E-state index contributed by atoms with van der Waals surface area (Å²) in [6, 6.07) is 1.08. The summed E-state index contributed by atoms with van der Waals surface area (Å²) in [6.45, 7) is 28.6. The molecule has 0 heterocycles. The third-order valence-corrected chi connectivity index (χ3v) is 0.628. The van der Waals surface area contributed by atoms with Crippen molar-refractivity contribution in [3.8, 4) is 6.07 Å². The molecule has 96 valence electrons. The second kappa shape index (κ2) is 97.7. The van der Waals surface area contributed by atoms with Crippen molar-refractivity contribution in [1.29, 1.82) is 5.26 Å². The molecule has 0 bridgehead atoms. The van der Waals surface area contributed by atoms with Gasteiger partial charge in [-0.25, -0.2) is 9.24 Å². The molecule has 19 heavy (non-hydrogen) atoms. The van der Waals surface area contributed by atoms with Gasteiger partial charge in [0.25, 0.3) is 5.16 Å². The summed E-state index contributed by atoms with van der Waals surface area (Å²) >= 11 is 4.84. The standard InChI is InChI=1S/C4ClFN2.5CO.Cr/c1-8-4(5)3(6)2-7;5*1-2;/b4-3+;;;;;;. The number of hydrogen-bond acceptors (Lipinski definition) is 1. The zero-order valence-corrected chi connectivity index (χ0v) is 10.6. The van der Waals surface area contributed by atoms with Crippen LogP contribution in [0.5, 0.6) is 0 Å². The van der Waals surface area contributed by atoms with E-state index in [1.807, 2.05) is 0 Å². The van der Waals surface area contributed by atoms with E-state index in [9.17, 15) is 4.39 Å². The van der Waals surface area contributed by atoms with Crippen LogP contribution in [0.2, 0.25) is 0 Å². The minimum absolute atomic E-state index is 0. The van der Waals surface area contributed by atoms with Crippen LogP contribution in [-0.2, 0) is 40.6 Å². The quantitative estimate of drug-likeness (QED) is 0.285. The summed E-state index contributed by atoms with van der Waals surface area (Å²) in [5.74, 6) is -1.23. The Morgan fingerprint density at radius 3 is 1.21 bits per heavy atom. The Hall–Kier alpha value is -1.83. The maximum Gasteiger partial charge on any atom is 0 e. The van der Waals surface area contributed by atoms with Crippen molar-refractivity contribution in [1.82, 2.24) is 0 Å². The van der Waals surface area contributed by atoms with Crippen LogP contribution in [0.4, 0.5) is 4.39 Å². The normalized spacial score (nSPS) is 5.16. The van der Waals surface area contributed by atoms with Gasteiger partial charge in [0.15, 0.2) is 0 Å². The number of nitriles is 1. The van der Waals surface area contributed by atoms with Gasteiger partial charge in [0, 0.05) is 17.4 Å². The molecule has 10 heteroatoms. The molecule has 0 unspecified atom stereocenters. The van der Waals surface area contributed by atoms with Crippen LogP contribution in [-0.4, -0.2) is 0 Å². The van der Waals surface area contributed by atoms with Crippen molar-refractivity contribution >= 4 is 11.6 Å². The van der Waals surface area contributed by atoms with Crippen molar-refractivity contribution < 1.29 is 45.0 Å². The summed E-state index contributed by atoms with van der Waals surface area (Å²) < 4.78 is 49.2. The zero-order chi connectivity index (χ0) is 16.6. The summed E-state index contributed by atoms with van der Waals surface area (Å²) in [6.07, 6.45) is 0. The molecule has 0 amide bonds. The van der Waals surface area contributed by atoms with E-state index in [0.29, 0.717) is 0 Å². The van der Waals surface area contributed by atoms with Gasteiger partial charge in [-0.2, -0.15) is 5.26 Å². The topological polar surface area (TPSA) is 128 Å². The Kier molecular flexibility index (Phi) is 223. The molecule has 0 rings (SSSR count). The monoisotopic (exact) mass is 322 g/mol. The smallest absolute Gasteiger partial charge is 0 e. The van der Waals surface area contributed by atoms with Gasteiger partial charge in [-0.3, -0.25) is 0 Å². The fourth-order valence-electron chi connectivity index (χ4n) is 0.0952. The molecule has 0 fully saturated rings. The number of nitrogens with zero attached hydrogens (tertiary/aromatic N) is 2. The van der Waals surface area contributed by atoms with Crippen molar-refractivity contribution in [2.45, 2.75) is 0 Å². The van der Waals surface area contributed by atoms with Crippen molar-refractivity contribution in [3.05, 3.63) is 55.7 Å². The second-order valence-electron chi connectivity index (χ2n) is 0.828. The Labute approximate surface area is 124 Å². The largest absolute Gasteiger partial charge is 0 e. The predicted molar refractivity (Wildman–Crippen MR) is 45.8 cm³/mol. The molecule has 0 radical (unpaired) electrons. The van der Waals surface area contributed by atoms with Gasteiger partial charge in [-0.15, -0.1) is 11.6 Å². The third-order valence-electron chi connectivity index (χ3n) is 0.377. The molecule has 0 aliphatic rings. The summed E-state index contributed by atoms with van der Waals surface area (Å²) in [7, 11) is 0. The van der Waals surface area contributed by atoms with Crippen LogP contribution in [0.3, 0.4) is 0 Å². The van der Waals surface area contributed by atoms with Crippen LogP contribution >= 0.6 is 11.6 Å². The fraction of sp³-hybridized carbons (Fsp3) is 0. The predicted octanol–water partition coefficient (Wildman–Crippen LogP) is 1.62. The molecule has 0 aliphatic heterocycles. The van der Waals surface area contributed by atoms with Gasteiger partial charge in [0.1, 0.15) is 6.07 Å². The summed E-state index contributed by atoms with van der Waals surface area (Å²) in [5, 5.41) is 7.01. The van der Waals surface area contributed by atoms with E-state index in [2.05, 4.69) is 38.1 Å². The van der Waals surface area contributed by atoms with Gasteiger partial charge >= 0.3 is 56.5 Å². The van der Waals surface area contributed by atoms with E-state index in [-0.39, 0.29) is 17.4 Å². The number of rotatable bonds is 0. The molecular weight excluding hydrogens is 323 g/mol. The van der Waals surface area contributed by atoms with Crippen molar-refractivity contribution in [2.75, 3.05) is 0 Å². The SMILES string of the molecule is [C-]#[N+]/C(Cl)=C(/F)C#N.[C-]#[O+].[C-]#[O+].[C-]#[O+].[C-]#[O+].[C-]#[O+].[Cr]. The first-order valence-electron chi connectivity index (χ1n) is 2.57. The summed E-state index contributed by atoms with van der Waals surface area (Å²) in [4.78, 5) is 2.46. The van der Waals surface area contributed by atoms with E-state index >= 15 is 0 Å². The maximum absolute atomic E-state index is 11.7. The van der Waals surface area contributed by atoms with E-state index in [0.717, 1.165) is 6.07 Å². The zero-order valence-electron chi connectivity index (χ0n) is 8.60. The minimum Gasteiger partial charge on any atom is 0 e. The molecule has 7 nitrogen and oxygen atoms in total. The molecule has 0 aromatic heterocycles. The van der Waals surface area contributed by atoms with Crippen molar-refractivity contribution in [2.24, 2.45) is 0 Å². The molecule has 0 aromatic carbocycles. The number of halogens is 2. The van der Waals surface area contributed by atoms with Gasteiger partial charge in [-0.05, 0) is 0 Å². The Morgan fingerprint density at radius 1 is 0.947 bits per heavy atom. The molecule has 0 atom stereocenters. The first kappa shape index (κ1) is 43.4. The number of allylic oxidation sites excluding steroid dienone is 1. The average Bonchev–Trinajstić information content (AvgIpc) is 2.55. The van der Waals surface area contributed by atoms with Gasteiger partial charge in [0.05, 0.1) is 6.57 Å². The Bertz CT molecular complexity index is 330. The van der Waals surface area contributed by atoms with Crippen LogP contribution in [0.15, 0.2) is 11.0 Å².